The summed E-state index contributed by atoms with van der Waals surface area (Å²) in [5, 5.41) is 0. The van der Waals surface area contributed by atoms with Gasteiger partial charge in [-0.1, -0.05) is 47.6 Å². The van der Waals surface area contributed by atoms with Crippen LogP contribution in [0.15, 0.2) is 12.3 Å². The molecule has 1 nitrogen and oxygen atoms in total. The van der Waals surface area contributed by atoms with Crippen molar-refractivity contribution in [2.75, 3.05) is 13.6 Å². The summed E-state index contributed by atoms with van der Waals surface area (Å²) in [5.74, 6) is 0.779. The molecule has 1 atom stereocenters. The number of allylic oxidation sites excluding steroid dienone is 1. The number of hydrogen-bond donors (Lipinski definition) is 0. The Morgan fingerprint density at radius 3 is 2.31 bits per heavy atom. The molecule has 0 N–H and O–H groups in total. The largest absolute Gasteiger partial charge is 0.378 e. The van der Waals surface area contributed by atoms with Gasteiger partial charge in [0.25, 0.3) is 0 Å². The molecule has 0 fully saturated rings. The Balaban J connectivity index is 3.90. The number of nitrogens with zero attached hydrogens (tertiary/aromatic N) is 1. The standard InChI is InChI=1S/C15H31N/c1-8-9-13(2)12-16(7)14(3)10-11-15(4,5)6/h13H,3,8-12H2,1-2,4-7H3. The van der Waals surface area contributed by atoms with Crippen LogP contribution in [-0.2, 0) is 0 Å². The van der Waals surface area contributed by atoms with Gasteiger partial charge in [-0.25, -0.2) is 0 Å². The zero-order chi connectivity index (χ0) is 12.8. The second kappa shape index (κ2) is 6.98. The molecule has 0 aliphatic rings. The Bertz CT molecular complexity index is 200. The first-order valence-corrected chi connectivity index (χ1v) is 6.65. The molecule has 1 unspecified atom stereocenters. The fourth-order valence-electron chi connectivity index (χ4n) is 1.89. The Morgan fingerprint density at radius 1 is 1.31 bits per heavy atom. The lowest BCUT2D eigenvalue weighted by Gasteiger charge is -2.27. The van der Waals surface area contributed by atoms with E-state index in [0.29, 0.717) is 5.41 Å². The molecule has 0 aromatic carbocycles. The van der Waals surface area contributed by atoms with E-state index in [9.17, 15) is 0 Å². The van der Waals surface area contributed by atoms with Crippen LogP contribution in [0.2, 0.25) is 0 Å². The quantitative estimate of drug-likeness (QED) is 0.607. The molecule has 0 aliphatic heterocycles. The van der Waals surface area contributed by atoms with Crippen molar-refractivity contribution < 1.29 is 0 Å². The van der Waals surface area contributed by atoms with Gasteiger partial charge in [-0.05, 0) is 30.6 Å². The van der Waals surface area contributed by atoms with Gasteiger partial charge in [0.2, 0.25) is 0 Å². The van der Waals surface area contributed by atoms with Crippen molar-refractivity contribution in [2.24, 2.45) is 11.3 Å². The molecular formula is C15H31N. The van der Waals surface area contributed by atoms with E-state index in [2.05, 4.69) is 53.1 Å². The van der Waals surface area contributed by atoms with E-state index in [1.807, 2.05) is 0 Å². The van der Waals surface area contributed by atoms with Crippen LogP contribution in [0.5, 0.6) is 0 Å². The van der Waals surface area contributed by atoms with Crippen molar-refractivity contribution in [3.05, 3.63) is 12.3 Å². The molecule has 16 heavy (non-hydrogen) atoms. The van der Waals surface area contributed by atoms with Crippen LogP contribution in [0.25, 0.3) is 0 Å². The first kappa shape index (κ1) is 15.5. The average molecular weight is 225 g/mol. The van der Waals surface area contributed by atoms with E-state index in [0.717, 1.165) is 18.9 Å². The molecule has 0 aromatic heterocycles. The highest BCUT2D eigenvalue weighted by Crippen LogP contribution is 2.24. The summed E-state index contributed by atoms with van der Waals surface area (Å²) in [6.45, 7) is 16.8. The molecule has 0 spiro atoms. The molecule has 0 bridgehead atoms. The fourth-order valence-corrected chi connectivity index (χ4v) is 1.89. The third-order valence-electron chi connectivity index (χ3n) is 3.07. The molecule has 0 aliphatic carbocycles. The van der Waals surface area contributed by atoms with Crippen molar-refractivity contribution in [3.63, 3.8) is 0 Å². The molecule has 0 aromatic rings. The molecule has 96 valence electrons. The van der Waals surface area contributed by atoms with Gasteiger partial charge in [0.05, 0.1) is 0 Å². The van der Waals surface area contributed by atoms with E-state index >= 15 is 0 Å². The monoisotopic (exact) mass is 225 g/mol. The Hall–Kier alpha value is -0.460. The molecule has 1 heteroatoms. The van der Waals surface area contributed by atoms with Gasteiger partial charge in [-0.15, -0.1) is 0 Å². The third-order valence-corrected chi connectivity index (χ3v) is 3.07. The highest BCUT2D eigenvalue weighted by molar-refractivity contribution is 4.93. The molecule has 0 heterocycles. The van der Waals surface area contributed by atoms with Gasteiger partial charge in [-0.3, -0.25) is 0 Å². The second-order valence-electron chi connectivity index (χ2n) is 6.40. The predicted octanol–water partition coefficient (Wildman–Crippen LogP) is 4.69. The Labute approximate surface area is 103 Å². The lowest BCUT2D eigenvalue weighted by Crippen LogP contribution is -2.24. The van der Waals surface area contributed by atoms with E-state index < -0.39 is 0 Å². The molecule has 0 amide bonds. The van der Waals surface area contributed by atoms with Gasteiger partial charge in [-0.2, -0.15) is 0 Å². The van der Waals surface area contributed by atoms with E-state index in [1.54, 1.807) is 0 Å². The maximum absolute atomic E-state index is 4.20. The van der Waals surface area contributed by atoms with Crippen LogP contribution in [-0.4, -0.2) is 18.5 Å². The predicted molar refractivity (Wildman–Crippen MR) is 74.5 cm³/mol. The van der Waals surface area contributed by atoms with Crippen molar-refractivity contribution in [2.45, 2.75) is 60.3 Å². The van der Waals surface area contributed by atoms with Crippen molar-refractivity contribution in [3.8, 4) is 0 Å². The van der Waals surface area contributed by atoms with E-state index in [-0.39, 0.29) is 0 Å². The summed E-state index contributed by atoms with van der Waals surface area (Å²) >= 11 is 0. The molecule has 0 rings (SSSR count). The van der Waals surface area contributed by atoms with Crippen molar-refractivity contribution in [1.82, 2.24) is 4.90 Å². The lowest BCUT2D eigenvalue weighted by molar-refractivity contribution is 0.303. The second-order valence-corrected chi connectivity index (χ2v) is 6.40. The number of rotatable bonds is 7. The maximum Gasteiger partial charge on any atom is 0.0197 e. The van der Waals surface area contributed by atoms with Gasteiger partial charge in [0.1, 0.15) is 0 Å². The first-order valence-electron chi connectivity index (χ1n) is 6.65. The summed E-state index contributed by atoms with van der Waals surface area (Å²) < 4.78 is 0. The minimum absolute atomic E-state index is 0.415. The lowest BCUT2D eigenvalue weighted by atomic mass is 9.90. The highest BCUT2D eigenvalue weighted by atomic mass is 15.1. The summed E-state index contributed by atoms with van der Waals surface area (Å²) in [4.78, 5) is 2.34. The highest BCUT2D eigenvalue weighted by Gasteiger charge is 2.13. The van der Waals surface area contributed by atoms with Crippen LogP contribution in [0.1, 0.15) is 60.3 Å². The molecule has 0 radical (unpaired) electrons. The van der Waals surface area contributed by atoms with Gasteiger partial charge < -0.3 is 4.90 Å². The summed E-state index contributed by atoms with van der Waals surface area (Å²) in [6.07, 6.45) is 4.94. The SMILES string of the molecule is C=C(CCC(C)(C)C)N(C)CC(C)CCC. The normalized spacial score (nSPS) is 13.6. The zero-order valence-corrected chi connectivity index (χ0v) is 12.3. The Morgan fingerprint density at radius 2 is 1.88 bits per heavy atom. The third kappa shape index (κ3) is 7.78. The van der Waals surface area contributed by atoms with Gasteiger partial charge in [0, 0.05) is 19.3 Å². The minimum atomic E-state index is 0.415. The van der Waals surface area contributed by atoms with Crippen LogP contribution in [0.3, 0.4) is 0 Å². The van der Waals surface area contributed by atoms with Gasteiger partial charge in [0.15, 0.2) is 0 Å². The van der Waals surface area contributed by atoms with Crippen molar-refractivity contribution >= 4 is 0 Å². The van der Waals surface area contributed by atoms with Crippen LogP contribution in [0, 0.1) is 11.3 Å². The summed E-state index contributed by atoms with van der Waals surface area (Å²) in [5.41, 5.74) is 1.71. The van der Waals surface area contributed by atoms with Crippen LogP contribution < -0.4 is 0 Å². The summed E-state index contributed by atoms with van der Waals surface area (Å²) in [7, 11) is 2.18. The number of hydrogen-bond acceptors (Lipinski definition) is 1. The first-order chi connectivity index (χ1) is 7.26. The fraction of sp³-hybridized carbons (Fsp3) is 0.867. The summed E-state index contributed by atoms with van der Waals surface area (Å²) in [6, 6.07) is 0. The van der Waals surface area contributed by atoms with E-state index in [1.165, 1.54) is 25.0 Å². The van der Waals surface area contributed by atoms with Crippen LogP contribution in [0.4, 0.5) is 0 Å². The zero-order valence-electron chi connectivity index (χ0n) is 12.3. The maximum atomic E-state index is 4.20. The smallest absolute Gasteiger partial charge is 0.0197 e. The molecular weight excluding hydrogens is 194 g/mol. The molecule has 0 saturated heterocycles. The van der Waals surface area contributed by atoms with Gasteiger partial charge >= 0.3 is 0 Å². The average Bonchev–Trinajstić information content (AvgIpc) is 2.13. The minimum Gasteiger partial charge on any atom is -0.378 e. The van der Waals surface area contributed by atoms with E-state index in [4.69, 9.17) is 0 Å². The topological polar surface area (TPSA) is 3.24 Å². The van der Waals surface area contributed by atoms with Crippen LogP contribution >= 0.6 is 0 Å². The molecule has 0 saturated carbocycles. The Kier molecular flexibility index (Phi) is 6.78. The van der Waals surface area contributed by atoms with Crippen molar-refractivity contribution in [1.29, 1.82) is 0 Å².